The molecule has 0 aliphatic carbocycles. The molecule has 0 aromatic heterocycles. The number of carboxylic acid groups (broad SMARTS) is 2. The number of carboxylic acids is 2. The lowest BCUT2D eigenvalue weighted by Gasteiger charge is -2.53. The molecule has 3 N–H and O–H groups in total. The highest BCUT2D eigenvalue weighted by molar-refractivity contribution is 5.97. The zero-order valence-corrected chi connectivity index (χ0v) is 33.9. The van der Waals surface area contributed by atoms with E-state index in [-0.39, 0.29) is 40.6 Å². The fraction of sp³-hybridized carbons (Fsp3) is 0.615. The van der Waals surface area contributed by atoms with Gasteiger partial charge in [-0.2, -0.15) is 0 Å². The summed E-state index contributed by atoms with van der Waals surface area (Å²) in [6.45, 7) is 18.0. The molecule has 0 bridgehead atoms. The maximum atomic E-state index is 14.2. The molecule has 1 aromatic carbocycles. The number of nitrogens with one attached hydrogen (secondary N) is 1. The second kappa shape index (κ2) is 20.3. The molecule has 2 amide bonds. The van der Waals surface area contributed by atoms with Gasteiger partial charge >= 0.3 is 11.9 Å². The predicted octanol–water partition coefficient (Wildman–Crippen LogP) is 3.96. The molecule has 3 aliphatic rings. The highest BCUT2D eigenvalue weighted by atomic mass is 19.1. The van der Waals surface area contributed by atoms with Gasteiger partial charge in [0.15, 0.2) is 11.6 Å². The van der Waals surface area contributed by atoms with Crippen LogP contribution in [0.25, 0.3) is 0 Å². The molecule has 2 fully saturated rings. The second-order valence-corrected chi connectivity index (χ2v) is 15.5. The molecule has 2 saturated heterocycles. The molecular weight excluding hydrogens is 711 g/mol. The topological polar surface area (TPSA) is 162 Å². The molecule has 2 unspecified atom stereocenters. The summed E-state index contributed by atoms with van der Waals surface area (Å²) in [5, 5.41) is 17.1. The van der Waals surface area contributed by atoms with Crippen LogP contribution in [0, 0.1) is 17.2 Å². The Labute approximate surface area is 325 Å². The number of nitrogens with zero attached hydrogens (tertiary/aromatic N) is 7. The molecule has 4 rings (SSSR count). The molecule has 55 heavy (non-hydrogen) atoms. The molecule has 3 aliphatic heterocycles. The number of likely N-dealkylation sites (tertiary alicyclic amines) is 2. The van der Waals surface area contributed by atoms with Gasteiger partial charge in [0.25, 0.3) is 5.91 Å². The Morgan fingerprint density at radius 1 is 1.04 bits per heavy atom. The SMILES string of the molecule is CCN(C(=O)c1cc(F)ccc1ON1C=C(N2CCC3(C2)CN(C(CCCN(C)C(C)CC(=O)N(C)C)C(C)C)C3)N=CN1)C(C)C.O=C(O)/C=C/C(=O)O. The first-order valence-electron chi connectivity index (χ1n) is 19.0. The van der Waals surface area contributed by atoms with Gasteiger partial charge in [0, 0.05) is 88.9 Å². The Balaban J connectivity index is 0.000000912. The first-order valence-corrected chi connectivity index (χ1v) is 19.0. The van der Waals surface area contributed by atoms with Crippen LogP contribution in [0.5, 0.6) is 5.75 Å². The van der Waals surface area contributed by atoms with Crippen molar-refractivity contribution >= 4 is 30.1 Å². The Morgan fingerprint density at radius 2 is 1.69 bits per heavy atom. The van der Waals surface area contributed by atoms with Crippen molar-refractivity contribution in [1.29, 1.82) is 0 Å². The van der Waals surface area contributed by atoms with E-state index in [1.807, 2.05) is 34.9 Å². The van der Waals surface area contributed by atoms with Crippen molar-refractivity contribution in [3.63, 3.8) is 0 Å². The molecule has 2 atom stereocenters. The van der Waals surface area contributed by atoms with Gasteiger partial charge in [0.05, 0.1) is 5.56 Å². The van der Waals surface area contributed by atoms with Crippen molar-refractivity contribution in [3.8, 4) is 5.75 Å². The number of halogens is 1. The zero-order chi connectivity index (χ0) is 41.0. The molecule has 0 radical (unpaired) electrons. The van der Waals surface area contributed by atoms with Gasteiger partial charge in [0.2, 0.25) is 5.91 Å². The van der Waals surface area contributed by atoms with Crippen molar-refractivity contribution in [2.75, 3.05) is 60.4 Å². The quantitative estimate of drug-likeness (QED) is 0.196. The minimum Gasteiger partial charge on any atom is -0.478 e. The van der Waals surface area contributed by atoms with Gasteiger partial charge in [-0.15, -0.1) is 5.17 Å². The van der Waals surface area contributed by atoms with Crippen LogP contribution in [0.2, 0.25) is 0 Å². The Bertz CT molecular complexity index is 1560. The number of hydrazine groups is 1. The summed E-state index contributed by atoms with van der Waals surface area (Å²) >= 11 is 0. The van der Waals surface area contributed by atoms with Crippen LogP contribution in [0.15, 0.2) is 47.4 Å². The summed E-state index contributed by atoms with van der Waals surface area (Å²) in [5.74, 6) is -1.48. The molecular formula is C39H61FN8O7. The summed E-state index contributed by atoms with van der Waals surface area (Å²) in [4.78, 5) is 65.8. The Hall–Kier alpha value is -4.70. The van der Waals surface area contributed by atoms with Crippen molar-refractivity contribution in [2.45, 2.75) is 85.4 Å². The van der Waals surface area contributed by atoms with Gasteiger partial charge in [-0.25, -0.2) is 19.0 Å². The number of aliphatic imine (C=N–C) groups is 1. The normalized spacial score (nSPS) is 17.4. The average Bonchev–Trinajstić information content (AvgIpc) is 3.56. The first-order chi connectivity index (χ1) is 25.9. The third kappa shape index (κ3) is 12.9. The number of carbonyl (C=O) groups is 4. The Morgan fingerprint density at radius 3 is 2.25 bits per heavy atom. The van der Waals surface area contributed by atoms with Crippen LogP contribution in [0.4, 0.5) is 4.39 Å². The van der Waals surface area contributed by atoms with E-state index in [1.165, 1.54) is 23.4 Å². The van der Waals surface area contributed by atoms with Gasteiger partial charge in [0.1, 0.15) is 18.4 Å². The molecule has 1 aromatic rings. The Kier molecular flexibility index (Phi) is 16.5. The van der Waals surface area contributed by atoms with E-state index in [1.54, 1.807) is 22.3 Å². The van der Waals surface area contributed by atoms with E-state index in [2.05, 4.69) is 52.9 Å². The lowest BCUT2D eigenvalue weighted by atomic mass is 9.76. The van der Waals surface area contributed by atoms with Crippen LogP contribution < -0.4 is 10.3 Å². The standard InChI is InChI=1S/C35H57FN8O3.C4H4O4/c1-10-43(26(4)5)34(46)29-19-28(36)13-14-31(29)47-44-20-32(37-24-38-44)41-17-15-35(21-41)22-42(23-35)30(25(2)3)12-11-16-40(9)27(6)18-33(45)39(7)8;5-3(6)1-2-4(7)8/h13-14,19-20,24-27,30H,10-12,15-18,21-23H2,1-9H3,(H,37,38);1-2H,(H,5,6)(H,7,8)/b;2-1+. The van der Waals surface area contributed by atoms with Crippen LogP contribution in [-0.4, -0.2) is 149 Å². The lowest BCUT2D eigenvalue weighted by Crippen LogP contribution is -2.61. The predicted molar refractivity (Wildman–Crippen MR) is 208 cm³/mol. The van der Waals surface area contributed by atoms with Gasteiger partial charge in [-0.1, -0.05) is 13.8 Å². The number of aliphatic carboxylic acids is 2. The molecule has 16 heteroatoms. The molecule has 0 saturated carbocycles. The maximum absolute atomic E-state index is 14.2. The number of hydrogen-bond donors (Lipinski definition) is 3. The summed E-state index contributed by atoms with van der Waals surface area (Å²) < 4.78 is 14.2. The molecule has 306 valence electrons. The molecule has 1 spiro atoms. The first kappa shape index (κ1) is 44.7. The van der Waals surface area contributed by atoms with Crippen molar-refractivity contribution in [1.82, 2.24) is 35.1 Å². The number of benzene rings is 1. The highest BCUT2D eigenvalue weighted by Gasteiger charge is 2.50. The van der Waals surface area contributed by atoms with Gasteiger partial charge < -0.3 is 34.7 Å². The second-order valence-electron chi connectivity index (χ2n) is 15.5. The van der Waals surface area contributed by atoms with Crippen LogP contribution in [0.1, 0.15) is 77.6 Å². The monoisotopic (exact) mass is 772 g/mol. The van der Waals surface area contributed by atoms with E-state index >= 15 is 0 Å². The van der Waals surface area contributed by atoms with E-state index in [9.17, 15) is 23.6 Å². The van der Waals surface area contributed by atoms with Crippen molar-refractivity contribution in [2.24, 2.45) is 16.3 Å². The third-order valence-corrected chi connectivity index (χ3v) is 10.4. The number of rotatable bonds is 17. The van der Waals surface area contributed by atoms with Crippen LogP contribution in [-0.2, 0) is 14.4 Å². The van der Waals surface area contributed by atoms with E-state index in [4.69, 9.17) is 15.1 Å². The van der Waals surface area contributed by atoms with E-state index in [0.717, 1.165) is 57.8 Å². The summed E-state index contributed by atoms with van der Waals surface area (Å²) in [6.07, 6.45) is 8.38. The maximum Gasteiger partial charge on any atom is 0.328 e. The summed E-state index contributed by atoms with van der Waals surface area (Å²) in [5.41, 5.74) is 3.39. The third-order valence-electron chi connectivity index (χ3n) is 10.4. The van der Waals surface area contributed by atoms with Crippen LogP contribution in [0.3, 0.4) is 0 Å². The summed E-state index contributed by atoms with van der Waals surface area (Å²) in [6, 6.07) is 4.75. The number of hydrogen-bond acceptors (Lipinski definition) is 11. The lowest BCUT2D eigenvalue weighted by molar-refractivity contribution is -0.134. The van der Waals surface area contributed by atoms with E-state index in [0.29, 0.717) is 37.1 Å². The number of amides is 2. The minimum atomic E-state index is -1.26. The molecule has 15 nitrogen and oxygen atoms in total. The van der Waals surface area contributed by atoms with Crippen LogP contribution >= 0.6 is 0 Å². The number of carbonyl (C=O) groups excluding carboxylic acids is 2. The fourth-order valence-corrected chi connectivity index (χ4v) is 7.18. The summed E-state index contributed by atoms with van der Waals surface area (Å²) in [7, 11) is 5.75. The van der Waals surface area contributed by atoms with Gasteiger partial charge in [-0.05, 0) is 84.7 Å². The zero-order valence-electron chi connectivity index (χ0n) is 33.9. The highest BCUT2D eigenvalue weighted by Crippen LogP contribution is 2.43. The largest absolute Gasteiger partial charge is 0.478 e. The molecule has 3 heterocycles. The van der Waals surface area contributed by atoms with Crippen molar-refractivity contribution < 1.29 is 38.6 Å². The smallest absolute Gasteiger partial charge is 0.328 e. The number of hydroxylamine groups is 1. The van der Waals surface area contributed by atoms with Gasteiger partial charge in [-0.3, -0.25) is 19.9 Å². The minimum absolute atomic E-state index is 0.0299. The fourth-order valence-electron chi connectivity index (χ4n) is 7.18. The van der Waals surface area contributed by atoms with Crippen molar-refractivity contribution in [3.05, 3.63) is 53.8 Å². The van der Waals surface area contributed by atoms with E-state index < -0.39 is 17.8 Å². The average molecular weight is 773 g/mol.